The highest BCUT2D eigenvalue weighted by atomic mass is 16.5. The van der Waals surface area contributed by atoms with E-state index in [-0.39, 0.29) is 24.9 Å². The predicted octanol–water partition coefficient (Wildman–Crippen LogP) is 0.0405. The van der Waals surface area contributed by atoms with Crippen LogP contribution in [0.25, 0.3) is 22.8 Å². The summed E-state index contributed by atoms with van der Waals surface area (Å²) in [6.07, 6.45) is 0. The standard InChI is InChI=1S/C32H42N12O5/c1-23-36-40-31(41-37-23)27-7-3-25(4-8-27)19-34-29(45)21-44(12-14-48-16-18-49-17-15-47-13-11-33)22-30(46)35-20-26-5-9-28(10-6-26)32-42-38-24(2)39-43-32/h3-10H,11-22,33H2,1-2H3,(H,34,45)(H,35,46). The van der Waals surface area contributed by atoms with Gasteiger partial charge < -0.3 is 30.6 Å². The van der Waals surface area contributed by atoms with E-state index >= 15 is 0 Å². The van der Waals surface area contributed by atoms with Gasteiger partial charge >= 0.3 is 0 Å². The fourth-order valence-corrected chi connectivity index (χ4v) is 4.29. The SMILES string of the molecule is Cc1nnc(-c2ccc(CNC(=O)CN(CCOCCOCCOCCN)CC(=O)NCc3ccc(-c4nnc(C)nn4)cc3)cc2)nn1. The summed E-state index contributed by atoms with van der Waals surface area (Å²) in [6.45, 7) is 7.39. The van der Waals surface area contributed by atoms with E-state index in [0.29, 0.717) is 89.1 Å². The van der Waals surface area contributed by atoms with Crippen molar-refractivity contribution >= 4 is 11.8 Å². The molecule has 0 aliphatic rings. The Labute approximate surface area is 284 Å². The van der Waals surface area contributed by atoms with Gasteiger partial charge in [-0.25, -0.2) is 0 Å². The highest BCUT2D eigenvalue weighted by Gasteiger charge is 2.15. The molecular formula is C32H42N12O5. The fourth-order valence-electron chi connectivity index (χ4n) is 4.29. The number of aryl methyl sites for hydroxylation is 2. The molecule has 4 N–H and O–H groups in total. The second-order valence-electron chi connectivity index (χ2n) is 10.8. The molecule has 0 bridgehead atoms. The van der Waals surface area contributed by atoms with Crippen LogP contribution in [-0.2, 0) is 36.9 Å². The van der Waals surface area contributed by atoms with Crippen LogP contribution < -0.4 is 16.4 Å². The van der Waals surface area contributed by atoms with Crippen molar-refractivity contribution in [3.8, 4) is 22.8 Å². The zero-order chi connectivity index (χ0) is 34.7. The van der Waals surface area contributed by atoms with Crippen molar-refractivity contribution in [1.29, 1.82) is 0 Å². The minimum Gasteiger partial charge on any atom is -0.378 e. The summed E-state index contributed by atoms with van der Waals surface area (Å²) >= 11 is 0. The van der Waals surface area contributed by atoms with Crippen molar-refractivity contribution in [1.82, 2.24) is 56.3 Å². The Morgan fingerprint density at radius 3 is 1.39 bits per heavy atom. The van der Waals surface area contributed by atoms with Gasteiger partial charge in [0.1, 0.15) is 0 Å². The van der Waals surface area contributed by atoms with Crippen LogP contribution >= 0.6 is 0 Å². The topological polar surface area (TPSA) is 218 Å². The van der Waals surface area contributed by atoms with E-state index in [4.69, 9.17) is 19.9 Å². The Morgan fingerprint density at radius 1 is 0.592 bits per heavy atom. The number of nitrogens with two attached hydrogens (primary N) is 1. The third kappa shape index (κ3) is 13.6. The molecule has 4 rings (SSSR count). The molecule has 0 saturated heterocycles. The molecule has 0 spiro atoms. The summed E-state index contributed by atoms with van der Waals surface area (Å²) in [6, 6.07) is 14.9. The van der Waals surface area contributed by atoms with Gasteiger partial charge in [-0.1, -0.05) is 48.5 Å². The van der Waals surface area contributed by atoms with E-state index in [1.807, 2.05) is 48.5 Å². The molecule has 0 unspecified atom stereocenters. The number of aromatic nitrogens is 8. The smallest absolute Gasteiger partial charge is 0.234 e. The third-order valence-corrected chi connectivity index (χ3v) is 6.85. The van der Waals surface area contributed by atoms with E-state index in [0.717, 1.165) is 22.3 Å². The fraction of sp³-hybridized carbons (Fsp3) is 0.438. The Kier molecular flexibility index (Phi) is 15.4. The van der Waals surface area contributed by atoms with Crippen molar-refractivity contribution in [3.63, 3.8) is 0 Å². The predicted molar refractivity (Wildman–Crippen MR) is 177 cm³/mol. The van der Waals surface area contributed by atoms with Crippen LogP contribution in [0.3, 0.4) is 0 Å². The molecule has 0 atom stereocenters. The summed E-state index contributed by atoms with van der Waals surface area (Å²) < 4.78 is 16.4. The van der Waals surface area contributed by atoms with Gasteiger partial charge in [0, 0.05) is 37.3 Å². The van der Waals surface area contributed by atoms with Crippen LogP contribution in [0, 0.1) is 13.8 Å². The molecule has 0 aliphatic heterocycles. The number of ether oxygens (including phenoxy) is 3. The average Bonchev–Trinajstić information content (AvgIpc) is 3.12. The first-order valence-corrected chi connectivity index (χ1v) is 15.9. The summed E-state index contributed by atoms with van der Waals surface area (Å²) in [4.78, 5) is 27.6. The molecule has 17 nitrogen and oxygen atoms in total. The number of hydrogen-bond acceptors (Lipinski definition) is 15. The van der Waals surface area contributed by atoms with Crippen molar-refractivity contribution < 1.29 is 23.8 Å². The molecule has 0 fully saturated rings. The Bertz CT molecular complexity index is 1450. The molecule has 17 heteroatoms. The zero-order valence-corrected chi connectivity index (χ0v) is 27.7. The molecule has 4 aromatic rings. The number of carbonyl (C=O) groups is 2. The summed E-state index contributed by atoms with van der Waals surface area (Å²) in [5.41, 5.74) is 8.70. The molecule has 0 saturated carbocycles. The molecule has 2 heterocycles. The van der Waals surface area contributed by atoms with Gasteiger partial charge in [-0.2, -0.15) is 0 Å². The van der Waals surface area contributed by atoms with E-state index in [2.05, 4.69) is 51.4 Å². The van der Waals surface area contributed by atoms with Crippen molar-refractivity contribution in [3.05, 3.63) is 71.3 Å². The Balaban J connectivity index is 1.24. The lowest BCUT2D eigenvalue weighted by atomic mass is 10.1. The largest absolute Gasteiger partial charge is 0.378 e. The highest BCUT2D eigenvalue weighted by Crippen LogP contribution is 2.15. The van der Waals surface area contributed by atoms with Gasteiger partial charge in [-0.15, -0.1) is 40.8 Å². The number of rotatable bonds is 21. The summed E-state index contributed by atoms with van der Waals surface area (Å²) in [7, 11) is 0. The number of carbonyl (C=O) groups excluding carboxylic acids is 2. The van der Waals surface area contributed by atoms with E-state index in [1.165, 1.54) is 0 Å². The maximum Gasteiger partial charge on any atom is 0.234 e. The quantitative estimate of drug-likeness (QED) is 0.0994. The average molecular weight is 675 g/mol. The normalized spacial score (nSPS) is 11.1. The van der Waals surface area contributed by atoms with Crippen LogP contribution in [0.15, 0.2) is 48.5 Å². The van der Waals surface area contributed by atoms with E-state index in [1.54, 1.807) is 18.7 Å². The molecule has 0 aliphatic carbocycles. The minimum atomic E-state index is -0.231. The molecule has 260 valence electrons. The molecule has 2 aromatic carbocycles. The first kappa shape index (κ1) is 36.9. The number of hydrogen-bond donors (Lipinski definition) is 3. The van der Waals surface area contributed by atoms with Crippen LogP contribution in [0.2, 0.25) is 0 Å². The van der Waals surface area contributed by atoms with E-state index < -0.39 is 0 Å². The number of amides is 2. The van der Waals surface area contributed by atoms with Crippen molar-refractivity contribution in [2.45, 2.75) is 26.9 Å². The number of benzene rings is 2. The van der Waals surface area contributed by atoms with Crippen LogP contribution in [0.5, 0.6) is 0 Å². The monoisotopic (exact) mass is 674 g/mol. The maximum atomic E-state index is 12.9. The number of nitrogens with zero attached hydrogens (tertiary/aromatic N) is 9. The first-order chi connectivity index (χ1) is 23.9. The molecular weight excluding hydrogens is 632 g/mol. The van der Waals surface area contributed by atoms with Gasteiger partial charge in [0.05, 0.1) is 52.7 Å². The van der Waals surface area contributed by atoms with E-state index in [9.17, 15) is 9.59 Å². The zero-order valence-electron chi connectivity index (χ0n) is 27.7. The van der Waals surface area contributed by atoms with Crippen molar-refractivity contribution in [2.24, 2.45) is 5.73 Å². The third-order valence-electron chi connectivity index (χ3n) is 6.85. The molecule has 49 heavy (non-hydrogen) atoms. The van der Waals surface area contributed by atoms with Gasteiger partial charge in [-0.3, -0.25) is 14.5 Å². The minimum absolute atomic E-state index is 0.00566. The van der Waals surface area contributed by atoms with Gasteiger partial charge in [0.25, 0.3) is 0 Å². The highest BCUT2D eigenvalue weighted by molar-refractivity contribution is 5.81. The Hall–Kier alpha value is -4.94. The first-order valence-electron chi connectivity index (χ1n) is 15.9. The molecule has 0 radical (unpaired) electrons. The van der Waals surface area contributed by atoms with Gasteiger partial charge in [-0.05, 0) is 25.0 Å². The van der Waals surface area contributed by atoms with Crippen LogP contribution in [0.1, 0.15) is 22.8 Å². The van der Waals surface area contributed by atoms with Crippen molar-refractivity contribution in [2.75, 3.05) is 65.8 Å². The second-order valence-corrected chi connectivity index (χ2v) is 10.8. The maximum absolute atomic E-state index is 12.9. The molecule has 2 amide bonds. The lowest BCUT2D eigenvalue weighted by molar-refractivity contribution is -0.125. The van der Waals surface area contributed by atoms with Crippen LogP contribution in [-0.4, -0.2) is 123 Å². The second kappa shape index (κ2) is 20.4. The number of nitrogens with one attached hydrogen (secondary N) is 2. The van der Waals surface area contributed by atoms with Gasteiger partial charge in [0.15, 0.2) is 11.6 Å². The lowest BCUT2D eigenvalue weighted by Gasteiger charge is -2.21. The van der Waals surface area contributed by atoms with Gasteiger partial charge in [0.2, 0.25) is 23.5 Å². The summed E-state index contributed by atoms with van der Waals surface area (Å²) in [5.74, 6) is 1.36. The Morgan fingerprint density at radius 2 is 0.980 bits per heavy atom. The van der Waals surface area contributed by atoms with Crippen LogP contribution in [0.4, 0.5) is 0 Å². The lowest BCUT2D eigenvalue weighted by Crippen LogP contribution is -2.44. The summed E-state index contributed by atoms with van der Waals surface area (Å²) in [5, 5.41) is 37.8. The molecule has 2 aromatic heterocycles.